The van der Waals surface area contributed by atoms with E-state index >= 15 is 0 Å². The third kappa shape index (κ3) is 3.11. The number of oxime groups is 1. The summed E-state index contributed by atoms with van der Waals surface area (Å²) in [5, 5.41) is 14.4. The van der Waals surface area contributed by atoms with E-state index in [1.165, 1.54) is 0 Å². The number of carbonyl (C=O) groups excluding carboxylic acids is 1. The lowest BCUT2D eigenvalue weighted by atomic mass is 9.85. The van der Waals surface area contributed by atoms with Gasteiger partial charge in [0.25, 0.3) is 0 Å². The van der Waals surface area contributed by atoms with Crippen LogP contribution in [0.5, 0.6) is 0 Å². The largest absolute Gasteiger partial charge is 0.409 e. The average molecular weight is 215 g/mol. The van der Waals surface area contributed by atoms with Crippen LogP contribution in [-0.2, 0) is 4.79 Å². The maximum Gasteiger partial charge on any atom is 0.233 e. The van der Waals surface area contributed by atoms with E-state index in [-0.39, 0.29) is 17.8 Å². The highest BCUT2D eigenvalue weighted by Crippen LogP contribution is 2.21. The Balaban J connectivity index is 4.74. The Kier molecular flexibility index (Phi) is 5.11. The second-order valence-corrected chi connectivity index (χ2v) is 3.95. The van der Waals surface area contributed by atoms with Crippen molar-refractivity contribution in [2.24, 2.45) is 16.3 Å². The van der Waals surface area contributed by atoms with E-state index in [4.69, 9.17) is 10.9 Å². The lowest BCUT2D eigenvalue weighted by molar-refractivity contribution is -0.127. The van der Waals surface area contributed by atoms with Crippen LogP contribution in [0, 0.1) is 5.41 Å². The van der Waals surface area contributed by atoms with Gasteiger partial charge in [-0.3, -0.25) is 4.79 Å². The molecule has 5 nitrogen and oxygen atoms in total. The number of amidine groups is 1. The van der Waals surface area contributed by atoms with Crippen molar-refractivity contribution in [1.29, 1.82) is 0 Å². The first kappa shape index (κ1) is 13.7. The summed E-state index contributed by atoms with van der Waals surface area (Å²) in [4.78, 5) is 11.9. The van der Waals surface area contributed by atoms with Crippen molar-refractivity contribution in [1.82, 2.24) is 5.32 Å². The van der Waals surface area contributed by atoms with Gasteiger partial charge in [-0.25, -0.2) is 0 Å². The van der Waals surface area contributed by atoms with E-state index in [1.54, 1.807) is 6.92 Å². The molecule has 4 N–H and O–H groups in total. The molecule has 5 heteroatoms. The number of nitrogens with zero attached hydrogens (tertiary/aromatic N) is 1. The first-order valence-corrected chi connectivity index (χ1v) is 5.21. The second-order valence-electron chi connectivity index (χ2n) is 3.95. The molecule has 0 saturated carbocycles. The summed E-state index contributed by atoms with van der Waals surface area (Å²) in [6.07, 6.45) is 1.34. The third-order valence-electron chi connectivity index (χ3n) is 2.87. The fourth-order valence-corrected chi connectivity index (χ4v) is 1.05. The number of nitrogens with one attached hydrogen (secondary N) is 1. The van der Waals surface area contributed by atoms with Crippen molar-refractivity contribution in [3.05, 3.63) is 0 Å². The summed E-state index contributed by atoms with van der Waals surface area (Å²) in [7, 11) is 0. The molecule has 0 radical (unpaired) electrons. The van der Waals surface area contributed by atoms with Crippen molar-refractivity contribution in [3.63, 3.8) is 0 Å². The second kappa shape index (κ2) is 5.58. The van der Waals surface area contributed by atoms with Gasteiger partial charge in [0.1, 0.15) is 5.41 Å². The Morgan fingerprint density at radius 2 is 2.13 bits per heavy atom. The van der Waals surface area contributed by atoms with Crippen LogP contribution in [0.3, 0.4) is 0 Å². The molecule has 0 aliphatic rings. The molecule has 0 aromatic heterocycles. The van der Waals surface area contributed by atoms with Crippen molar-refractivity contribution in [2.45, 2.75) is 46.6 Å². The van der Waals surface area contributed by atoms with Crippen LogP contribution in [0.1, 0.15) is 40.5 Å². The summed E-state index contributed by atoms with van der Waals surface area (Å²) in [5.41, 5.74) is 4.59. The Labute approximate surface area is 90.7 Å². The zero-order chi connectivity index (χ0) is 12.1. The van der Waals surface area contributed by atoms with E-state index in [2.05, 4.69) is 10.5 Å². The molecule has 0 saturated heterocycles. The van der Waals surface area contributed by atoms with Crippen molar-refractivity contribution < 1.29 is 10.0 Å². The van der Waals surface area contributed by atoms with Gasteiger partial charge in [-0.1, -0.05) is 19.0 Å². The number of hydrogen-bond acceptors (Lipinski definition) is 3. The Morgan fingerprint density at radius 3 is 2.47 bits per heavy atom. The highest BCUT2D eigenvalue weighted by molar-refractivity contribution is 6.06. The van der Waals surface area contributed by atoms with Gasteiger partial charge < -0.3 is 16.3 Å². The zero-order valence-electron chi connectivity index (χ0n) is 9.87. The van der Waals surface area contributed by atoms with Crippen LogP contribution in [0.2, 0.25) is 0 Å². The molecular formula is C10H21N3O2. The van der Waals surface area contributed by atoms with Gasteiger partial charge in [-0.15, -0.1) is 0 Å². The van der Waals surface area contributed by atoms with Gasteiger partial charge in [-0.2, -0.15) is 0 Å². The number of rotatable bonds is 5. The Bertz CT molecular complexity index is 253. The minimum Gasteiger partial charge on any atom is -0.409 e. The lowest BCUT2D eigenvalue weighted by Gasteiger charge is -2.27. The number of amides is 1. The molecule has 15 heavy (non-hydrogen) atoms. The van der Waals surface area contributed by atoms with Crippen LogP contribution in [0.15, 0.2) is 5.16 Å². The highest BCUT2D eigenvalue weighted by Gasteiger charge is 2.36. The molecule has 0 aliphatic carbocycles. The van der Waals surface area contributed by atoms with E-state index < -0.39 is 5.41 Å². The predicted octanol–water partition coefficient (Wildman–Crippen LogP) is 1.06. The molecule has 0 spiro atoms. The first-order valence-electron chi connectivity index (χ1n) is 5.21. The monoisotopic (exact) mass is 215 g/mol. The minimum absolute atomic E-state index is 0.0502. The summed E-state index contributed by atoms with van der Waals surface area (Å²) in [5.74, 6) is -0.250. The summed E-state index contributed by atoms with van der Waals surface area (Å²) < 4.78 is 0. The first-order chi connectivity index (χ1) is 6.92. The molecular weight excluding hydrogens is 194 g/mol. The van der Waals surface area contributed by atoms with E-state index in [9.17, 15) is 4.79 Å². The summed E-state index contributed by atoms with van der Waals surface area (Å²) >= 11 is 0. The molecule has 0 bridgehead atoms. The SMILES string of the molecule is CCC(C)NC(=O)C(C)(CC)C(N)=NO. The molecule has 88 valence electrons. The van der Waals surface area contributed by atoms with Gasteiger partial charge in [0.2, 0.25) is 5.91 Å². The number of carbonyl (C=O) groups is 1. The van der Waals surface area contributed by atoms with Crippen LogP contribution >= 0.6 is 0 Å². The maximum absolute atomic E-state index is 11.9. The molecule has 0 heterocycles. The molecule has 2 atom stereocenters. The van der Waals surface area contributed by atoms with Crippen LogP contribution in [0.4, 0.5) is 0 Å². The van der Waals surface area contributed by atoms with Gasteiger partial charge in [0.05, 0.1) is 0 Å². The molecule has 1 amide bonds. The normalized spacial score (nSPS) is 18.0. The Morgan fingerprint density at radius 1 is 1.60 bits per heavy atom. The number of nitrogens with two attached hydrogens (primary N) is 1. The van der Waals surface area contributed by atoms with Crippen LogP contribution in [0.25, 0.3) is 0 Å². The lowest BCUT2D eigenvalue weighted by Crippen LogP contribution is -2.49. The maximum atomic E-state index is 11.9. The van der Waals surface area contributed by atoms with Crippen LogP contribution in [-0.4, -0.2) is 23.0 Å². The van der Waals surface area contributed by atoms with Gasteiger partial charge in [0, 0.05) is 6.04 Å². The van der Waals surface area contributed by atoms with Crippen LogP contribution < -0.4 is 11.1 Å². The average Bonchev–Trinajstić information content (AvgIpc) is 2.26. The van der Waals surface area contributed by atoms with E-state index in [1.807, 2.05) is 20.8 Å². The molecule has 0 aromatic carbocycles. The fraction of sp³-hybridized carbons (Fsp3) is 0.800. The highest BCUT2D eigenvalue weighted by atomic mass is 16.4. The van der Waals surface area contributed by atoms with Gasteiger partial charge in [-0.05, 0) is 26.7 Å². The molecule has 0 aliphatic heterocycles. The van der Waals surface area contributed by atoms with Gasteiger partial charge >= 0.3 is 0 Å². The standard InChI is InChI=1S/C10H21N3O2/c1-5-7(3)12-9(14)10(4,6-2)8(11)13-15/h7,15H,5-6H2,1-4H3,(H2,11,13)(H,12,14). The Hall–Kier alpha value is -1.26. The minimum atomic E-state index is -0.932. The topological polar surface area (TPSA) is 87.7 Å². The summed E-state index contributed by atoms with van der Waals surface area (Å²) in [6.45, 7) is 7.39. The fourth-order valence-electron chi connectivity index (χ4n) is 1.05. The summed E-state index contributed by atoms with van der Waals surface area (Å²) in [6, 6.07) is 0.0925. The van der Waals surface area contributed by atoms with E-state index in [0.717, 1.165) is 6.42 Å². The number of hydrogen-bond donors (Lipinski definition) is 3. The van der Waals surface area contributed by atoms with Crippen molar-refractivity contribution in [3.8, 4) is 0 Å². The molecule has 0 aromatic rings. The predicted molar refractivity (Wildman–Crippen MR) is 59.7 cm³/mol. The third-order valence-corrected chi connectivity index (χ3v) is 2.87. The quantitative estimate of drug-likeness (QED) is 0.277. The molecule has 0 rings (SSSR count). The van der Waals surface area contributed by atoms with Crippen molar-refractivity contribution >= 4 is 11.7 Å². The zero-order valence-corrected chi connectivity index (χ0v) is 9.87. The smallest absolute Gasteiger partial charge is 0.233 e. The van der Waals surface area contributed by atoms with E-state index in [0.29, 0.717) is 6.42 Å². The van der Waals surface area contributed by atoms with Gasteiger partial charge in [0.15, 0.2) is 5.84 Å². The molecule has 0 fully saturated rings. The molecule has 2 unspecified atom stereocenters. The van der Waals surface area contributed by atoms with Crippen molar-refractivity contribution in [2.75, 3.05) is 0 Å².